The number of hydrogen-bond acceptors (Lipinski definition) is 35. The number of thiophene rings is 5. The minimum absolute atomic E-state index is 0.0422. The van der Waals surface area contributed by atoms with Crippen LogP contribution >= 0.6 is 115 Å². The van der Waals surface area contributed by atoms with Gasteiger partial charge in [-0.2, -0.15) is 22.8 Å². The Morgan fingerprint density at radius 3 is 1.01 bits per heavy atom. The molecule has 0 saturated carbocycles. The van der Waals surface area contributed by atoms with Gasteiger partial charge in [-0.15, -0.1) is 56.7 Å². The smallest absolute Gasteiger partial charge is 0.369 e. The molecule has 0 unspecified atom stereocenters. The second kappa shape index (κ2) is 41.4. The molecule has 41 nitrogen and oxygen atoms in total. The van der Waals surface area contributed by atoms with E-state index in [0.717, 1.165) is 109 Å². The lowest BCUT2D eigenvalue weighted by Gasteiger charge is -2.33. The molecule has 5 aliphatic rings. The number of halogens is 9. The van der Waals surface area contributed by atoms with Gasteiger partial charge in [0, 0.05) is 52.7 Å². The van der Waals surface area contributed by atoms with E-state index in [1.165, 1.54) is 109 Å². The summed E-state index contributed by atoms with van der Waals surface area (Å²) in [4.78, 5) is 112. The Kier molecular flexibility index (Phi) is 32.1. The van der Waals surface area contributed by atoms with Gasteiger partial charge in [0.1, 0.15) is 56.7 Å². The molecule has 9 aromatic heterocycles. The number of guanidine groups is 5. The van der Waals surface area contributed by atoms with Crippen LogP contribution in [0.25, 0.3) is 0 Å². The van der Waals surface area contributed by atoms with Crippen LogP contribution < -0.4 is 60.8 Å². The van der Waals surface area contributed by atoms with E-state index < -0.39 is 125 Å². The third kappa shape index (κ3) is 24.7. The van der Waals surface area contributed by atoms with Crippen molar-refractivity contribution in [2.45, 2.75) is 81.8 Å². The van der Waals surface area contributed by atoms with Crippen LogP contribution in [0.1, 0.15) is 131 Å². The molecular weight excluding hydrogens is 2140 g/mol. The first-order valence-corrected chi connectivity index (χ1v) is 53.9. The molecule has 746 valence electrons. The van der Waals surface area contributed by atoms with Crippen molar-refractivity contribution >= 4 is 253 Å². The number of pyridine rings is 4. The third-order valence-corrected chi connectivity index (χ3v) is 39.5. The first kappa shape index (κ1) is 109. The number of carbonyl (C=O) groups is 5. The first-order valence-electron chi connectivity index (χ1n) is 39.9. The van der Waals surface area contributed by atoms with E-state index in [-0.39, 0.29) is 131 Å². The number of nitrogens with zero attached hydrogens (tertiary/aromatic N) is 14. The van der Waals surface area contributed by atoms with Crippen molar-refractivity contribution in [3.8, 4) is 6.07 Å². The Hall–Kier alpha value is -11.8. The fourth-order valence-corrected chi connectivity index (χ4v) is 28.8. The molecule has 140 heavy (non-hydrogen) atoms. The summed E-state index contributed by atoms with van der Waals surface area (Å²) in [6.45, 7) is 9.91. The van der Waals surface area contributed by atoms with Crippen LogP contribution in [-0.4, -0.2) is 207 Å². The van der Waals surface area contributed by atoms with Gasteiger partial charge in [0.05, 0.1) is 114 Å². The Morgan fingerprint density at radius 2 is 0.707 bits per heavy atom. The molecule has 0 spiro atoms. The number of aromatic amines is 1. The van der Waals surface area contributed by atoms with Gasteiger partial charge in [-0.3, -0.25) is 28.8 Å². The van der Waals surface area contributed by atoms with Gasteiger partial charge in [0.2, 0.25) is 91.4 Å². The normalized spacial score (nSPS) is 21.3. The van der Waals surface area contributed by atoms with Crippen LogP contribution in [0.2, 0.25) is 25.1 Å². The number of benzene rings is 1. The maximum absolute atomic E-state index is 13.2. The average molecular weight is 2220 g/mol. The highest BCUT2D eigenvalue weighted by atomic mass is 35.5. The molecule has 1 aromatic carbocycles. The topological polar surface area (TPSA) is 620 Å². The number of aromatic nitrogens is 4. The van der Waals surface area contributed by atoms with Crippen molar-refractivity contribution in [2.24, 2.45) is 53.6 Å². The zero-order chi connectivity index (χ0) is 104. The molecule has 0 radical (unpaired) electrons. The highest BCUT2D eigenvalue weighted by Gasteiger charge is 2.49. The number of carbonyl (C=O) groups excluding carboxylic acids is 5. The zero-order valence-electron chi connectivity index (χ0n) is 74.5. The van der Waals surface area contributed by atoms with Crippen molar-refractivity contribution in [1.82, 2.24) is 41.5 Å². The standard InChI is InChI=1S/C17H16ClN5O3S2.C17H20ClN5O3S2.C16H15ClF3N5O3S2.C15H15ClFN5O3S2.C15H16ClN5O4S2/c1-17(9-28(25,26)23(2)16(20)22-17)14-12(18)7-13(27-14)15(24)21-11-5-3-4-10(6-11)8-19;1-4-10-6-5-7-13(20-10)21-15(24)12-8-11(18)14(27-12)17(2)9-28(25,26)23(3)16(19)22-17;1-15(7-30(27,28)25(2)14(21)24-15)12-8(17)6-9(29-12)13(26)23-11-5-3-4-10(22-11)16(18,19)20;1-15(7-27(24,25)22(2)14(18)21-15)12-8(16)6-9(26-12)13(23)20-11-5-3-4-10(17)19-11;1-15(7-27(24,25)21(2)14(17)20-15)12-8(16)6-9(26-12)13(23)19-10-4-3-5-11(22)18-10/h3-7H,9H2,1-2H3,(H2,20,22)(H,21,24);5-8H,4,9H2,1-3H3,(H2,19,22)(H,20,21,24);3-6H,7H2,1-2H3,(H2,21,24)(H,22,23,26);3-6H,7H2,1-2H3,(H2,18,21)(H,19,20,23);3-6H,7H2,1-2H3,(H2,17,20)(H2,18,19,22,23)/t2*17-;3*15-/m00000/s1. The number of aryl methyl sites for hydroxylation is 1. The molecule has 15 rings (SSSR count). The predicted molar refractivity (Wildman–Crippen MR) is 534 cm³/mol. The monoisotopic (exact) mass is 2220 g/mol. The fraction of sp³-hybridized carbons (Fsp3) is 0.287. The van der Waals surface area contributed by atoms with Crippen LogP contribution in [0.4, 0.5) is 46.5 Å². The molecule has 10 aromatic rings. The Morgan fingerprint density at radius 1 is 0.421 bits per heavy atom. The second-order valence-electron chi connectivity index (χ2n) is 31.8. The number of alkyl halides is 3. The number of amides is 5. The number of nitriles is 1. The number of H-pyrrole nitrogens is 1. The van der Waals surface area contributed by atoms with Crippen LogP contribution in [0.3, 0.4) is 0 Å². The highest BCUT2D eigenvalue weighted by Crippen LogP contribution is 2.48. The lowest BCUT2D eigenvalue weighted by Crippen LogP contribution is -2.50. The lowest BCUT2D eigenvalue weighted by molar-refractivity contribution is -0.141. The Labute approximate surface area is 842 Å². The van der Waals surface area contributed by atoms with Crippen molar-refractivity contribution in [3.63, 3.8) is 0 Å². The van der Waals surface area contributed by atoms with Crippen LogP contribution in [0.5, 0.6) is 0 Å². The Balaban J connectivity index is 0.000000167. The summed E-state index contributed by atoms with van der Waals surface area (Å²) in [5, 5.41) is 22.7. The number of aliphatic imine (C=N–C) groups is 5. The molecule has 5 aliphatic heterocycles. The summed E-state index contributed by atoms with van der Waals surface area (Å²) in [6, 6.07) is 32.4. The van der Waals surface area contributed by atoms with Gasteiger partial charge in [-0.1, -0.05) is 95.3 Å². The van der Waals surface area contributed by atoms with E-state index in [0.29, 0.717) is 41.5 Å². The minimum Gasteiger partial charge on any atom is -0.369 e. The fourth-order valence-electron chi connectivity index (χ4n) is 13.6. The molecule has 0 bridgehead atoms. The van der Waals surface area contributed by atoms with Crippen molar-refractivity contribution in [2.75, 3.05) is 90.6 Å². The largest absolute Gasteiger partial charge is 0.433 e. The van der Waals surface area contributed by atoms with E-state index in [1.807, 2.05) is 25.1 Å². The van der Waals surface area contributed by atoms with E-state index in [9.17, 15) is 88.4 Å². The van der Waals surface area contributed by atoms with Gasteiger partial charge < -0.3 is 60.2 Å². The summed E-state index contributed by atoms with van der Waals surface area (Å²) < 4.78 is 179. The quantitative estimate of drug-likeness (QED) is 0.0316. The van der Waals surface area contributed by atoms with Gasteiger partial charge >= 0.3 is 6.18 Å². The zero-order valence-corrected chi connectivity index (χ0v) is 86.5. The van der Waals surface area contributed by atoms with E-state index in [4.69, 9.17) is 91.9 Å². The SMILES string of the molecule is CCc1cccc(NC(=O)c2cc(Cl)c([C@]3(C)CS(=O)(=O)N(C)C(N)=N3)s2)n1.CN1C(N)=N[C@](C)(c2sc(C(=O)Nc3cccc(=O)[nH]3)cc2Cl)CS1(=O)=O.CN1C(N)=N[C@](C)(c2sc(C(=O)Nc3cccc(C#N)c3)cc2Cl)CS1(=O)=O.CN1C(N)=N[C@](C)(c2sc(C(=O)Nc3cccc(C(F)(F)F)n3)cc2Cl)CS1(=O)=O.CN1C(N)=N[C@](C)(c2sc(C(=O)Nc3cccc(F)n3)cc2Cl)CS1(=O)=O. The molecule has 0 saturated heterocycles. The summed E-state index contributed by atoms with van der Waals surface area (Å²) in [7, 11) is -11.8. The lowest BCUT2D eigenvalue weighted by atomic mass is 10.0. The number of rotatable bonds is 16. The number of hydrogen-bond donors (Lipinski definition) is 11. The van der Waals surface area contributed by atoms with Gasteiger partial charge in [-0.25, -0.2) is 104 Å². The molecule has 60 heteroatoms. The third-order valence-electron chi connectivity index (χ3n) is 20.7. The summed E-state index contributed by atoms with van der Waals surface area (Å²) >= 11 is 36.4. The molecular formula is C80H82Cl5F4N25O16S10. The Bertz CT molecular complexity index is 7550. The maximum atomic E-state index is 13.2. The van der Waals surface area contributed by atoms with Crippen molar-refractivity contribution < 1.29 is 83.6 Å². The number of nitrogens with one attached hydrogen (secondary N) is 6. The minimum atomic E-state index is -4.66. The molecule has 0 aliphatic carbocycles. The summed E-state index contributed by atoms with van der Waals surface area (Å²) in [6.07, 6.45) is -3.91. The van der Waals surface area contributed by atoms with E-state index in [1.54, 1.807) is 58.0 Å². The average Bonchev–Trinajstić information content (AvgIpc) is 1.42. The molecule has 14 heterocycles. The van der Waals surface area contributed by atoms with Gasteiger partial charge in [0.25, 0.3) is 29.5 Å². The van der Waals surface area contributed by atoms with Gasteiger partial charge in [-0.05, 0) is 132 Å². The van der Waals surface area contributed by atoms with Gasteiger partial charge in [0.15, 0.2) is 0 Å². The molecule has 5 atom stereocenters. The highest BCUT2D eigenvalue weighted by molar-refractivity contribution is 7.91. The molecule has 16 N–H and O–H groups in total. The van der Waals surface area contributed by atoms with Crippen LogP contribution in [0, 0.1) is 17.3 Å². The van der Waals surface area contributed by atoms with Crippen molar-refractivity contribution in [1.29, 1.82) is 5.26 Å². The van der Waals surface area contributed by atoms with Crippen molar-refractivity contribution in [3.05, 3.63) is 235 Å². The summed E-state index contributed by atoms with van der Waals surface area (Å²) in [5.74, 6) is -5.43. The molecule has 5 amide bonds. The number of sulfonamides is 5. The number of nitrogens with two attached hydrogens (primary N) is 5. The predicted octanol–water partition coefficient (Wildman–Crippen LogP) is 10.8. The summed E-state index contributed by atoms with van der Waals surface area (Å²) in [5.41, 5.74) is 22.8. The first-order chi connectivity index (χ1) is 64.9. The maximum Gasteiger partial charge on any atom is 0.433 e. The molecule has 0 fully saturated rings. The van der Waals surface area contributed by atoms with E-state index in [2.05, 4.69) is 71.5 Å². The van der Waals surface area contributed by atoms with Crippen LogP contribution in [-0.2, 0) is 90.4 Å². The van der Waals surface area contributed by atoms with Crippen LogP contribution in [0.15, 0.2) is 157 Å². The van der Waals surface area contributed by atoms with E-state index >= 15 is 0 Å². The second-order valence-corrected chi connectivity index (χ2v) is 49.1. The number of anilines is 5.